The van der Waals surface area contributed by atoms with E-state index in [1.54, 1.807) is 12.1 Å². The van der Waals surface area contributed by atoms with Crippen molar-refractivity contribution in [1.29, 1.82) is 0 Å². The van der Waals surface area contributed by atoms with Crippen LogP contribution in [0.1, 0.15) is 0 Å². The zero-order valence-corrected chi connectivity index (χ0v) is 15.6. The number of fused-ring (bicyclic) bond motifs is 3. The Balaban J connectivity index is 1.88. The van der Waals surface area contributed by atoms with Gasteiger partial charge in [-0.3, -0.25) is 0 Å². The SMILES string of the molecule is O=[S@@](c1ccccc1)c1c(-c2ccc(F)cc2)oc2ccc3ccccc3c12. The molecule has 1 atom stereocenters. The summed E-state index contributed by atoms with van der Waals surface area (Å²) in [5.41, 5.74) is 1.36. The van der Waals surface area contributed by atoms with E-state index < -0.39 is 10.8 Å². The second-order valence-corrected chi connectivity index (χ2v) is 7.93. The summed E-state index contributed by atoms with van der Waals surface area (Å²) in [4.78, 5) is 1.31. The minimum Gasteiger partial charge on any atom is -0.455 e. The largest absolute Gasteiger partial charge is 0.455 e. The van der Waals surface area contributed by atoms with Crippen molar-refractivity contribution in [3.8, 4) is 11.3 Å². The van der Waals surface area contributed by atoms with Crippen LogP contribution in [0.4, 0.5) is 4.39 Å². The molecule has 0 unspecified atom stereocenters. The molecule has 4 aromatic carbocycles. The molecule has 0 saturated heterocycles. The molecule has 0 fully saturated rings. The minimum atomic E-state index is -1.45. The maximum absolute atomic E-state index is 13.6. The number of benzene rings is 4. The molecule has 0 saturated carbocycles. The van der Waals surface area contributed by atoms with Gasteiger partial charge in [-0.15, -0.1) is 0 Å². The van der Waals surface area contributed by atoms with E-state index in [0.29, 0.717) is 26.7 Å². The lowest BCUT2D eigenvalue weighted by atomic mass is 10.1. The molecule has 0 amide bonds. The molecule has 5 rings (SSSR count). The number of hydrogen-bond acceptors (Lipinski definition) is 2. The lowest BCUT2D eigenvalue weighted by molar-refractivity contribution is 0.618. The van der Waals surface area contributed by atoms with Gasteiger partial charge in [-0.25, -0.2) is 8.60 Å². The molecule has 0 spiro atoms. The molecule has 0 bridgehead atoms. The van der Waals surface area contributed by atoms with Crippen molar-refractivity contribution in [3.63, 3.8) is 0 Å². The zero-order valence-electron chi connectivity index (χ0n) is 14.8. The van der Waals surface area contributed by atoms with Gasteiger partial charge in [-0.2, -0.15) is 0 Å². The Kier molecular flexibility index (Phi) is 4.06. The van der Waals surface area contributed by atoms with Gasteiger partial charge in [0, 0.05) is 15.8 Å². The van der Waals surface area contributed by atoms with Gasteiger partial charge >= 0.3 is 0 Å². The van der Waals surface area contributed by atoms with Gasteiger partial charge in [0.15, 0.2) is 5.76 Å². The fourth-order valence-electron chi connectivity index (χ4n) is 3.47. The monoisotopic (exact) mass is 386 g/mol. The molecule has 0 N–H and O–H groups in total. The minimum absolute atomic E-state index is 0.323. The molecule has 136 valence electrons. The van der Waals surface area contributed by atoms with E-state index in [4.69, 9.17) is 4.42 Å². The second kappa shape index (κ2) is 6.73. The summed E-state index contributed by atoms with van der Waals surface area (Å²) in [5.74, 6) is 0.185. The molecule has 1 heterocycles. The third kappa shape index (κ3) is 2.74. The van der Waals surface area contributed by atoms with Crippen molar-refractivity contribution in [2.75, 3.05) is 0 Å². The van der Waals surface area contributed by atoms with Gasteiger partial charge in [-0.1, -0.05) is 48.5 Å². The summed E-state index contributed by atoms with van der Waals surface area (Å²) in [6.45, 7) is 0. The standard InChI is InChI=1S/C24H15FO2S/c25-18-13-10-17(11-14-18)23-24(28(26)19-7-2-1-3-8-19)22-20-9-5-4-6-16(20)12-15-21(22)27-23/h1-15H/t28-/m0/s1. The molecular formula is C24H15FO2S. The van der Waals surface area contributed by atoms with Crippen LogP contribution in [0.25, 0.3) is 33.1 Å². The lowest BCUT2D eigenvalue weighted by Gasteiger charge is -2.06. The van der Waals surface area contributed by atoms with Gasteiger partial charge in [0.1, 0.15) is 11.4 Å². The predicted molar refractivity (Wildman–Crippen MR) is 110 cm³/mol. The maximum Gasteiger partial charge on any atom is 0.151 e. The Morgan fingerprint density at radius 2 is 1.46 bits per heavy atom. The smallest absolute Gasteiger partial charge is 0.151 e. The van der Waals surface area contributed by atoms with Gasteiger partial charge in [-0.05, 0) is 53.2 Å². The van der Waals surface area contributed by atoms with Gasteiger partial charge in [0.05, 0.1) is 15.7 Å². The number of halogens is 1. The Bertz CT molecular complexity index is 1320. The molecule has 0 aliphatic heterocycles. The van der Waals surface area contributed by atoms with Crippen LogP contribution < -0.4 is 0 Å². The summed E-state index contributed by atoms with van der Waals surface area (Å²) in [6, 6.07) is 27.2. The van der Waals surface area contributed by atoms with Crippen LogP contribution in [-0.2, 0) is 10.8 Å². The summed E-state index contributed by atoms with van der Waals surface area (Å²) < 4.78 is 33.2. The van der Waals surface area contributed by atoms with Crippen molar-refractivity contribution < 1.29 is 13.0 Å². The first kappa shape index (κ1) is 16.9. The Morgan fingerprint density at radius 1 is 0.750 bits per heavy atom. The first-order chi connectivity index (χ1) is 13.7. The van der Waals surface area contributed by atoms with Crippen molar-refractivity contribution in [2.24, 2.45) is 0 Å². The Hall–Kier alpha value is -3.24. The van der Waals surface area contributed by atoms with E-state index in [1.807, 2.05) is 66.7 Å². The second-order valence-electron chi connectivity index (χ2n) is 6.51. The first-order valence-corrected chi connectivity index (χ1v) is 10.0. The normalized spacial score (nSPS) is 12.5. The van der Waals surface area contributed by atoms with Crippen LogP contribution in [0.3, 0.4) is 0 Å². The van der Waals surface area contributed by atoms with E-state index in [9.17, 15) is 8.60 Å². The Morgan fingerprint density at radius 3 is 2.25 bits per heavy atom. The molecule has 4 heteroatoms. The number of rotatable bonds is 3. The van der Waals surface area contributed by atoms with Crippen LogP contribution in [0.5, 0.6) is 0 Å². The molecule has 5 aromatic rings. The third-order valence-corrected chi connectivity index (χ3v) is 6.25. The predicted octanol–water partition coefficient (Wildman–Crippen LogP) is 6.56. The highest BCUT2D eigenvalue weighted by molar-refractivity contribution is 7.85. The van der Waals surface area contributed by atoms with E-state index in [2.05, 4.69) is 0 Å². The van der Waals surface area contributed by atoms with Gasteiger partial charge in [0.2, 0.25) is 0 Å². The number of hydrogen-bond donors (Lipinski definition) is 0. The van der Waals surface area contributed by atoms with Crippen molar-refractivity contribution in [2.45, 2.75) is 9.79 Å². The van der Waals surface area contributed by atoms with Crippen LogP contribution >= 0.6 is 0 Å². The van der Waals surface area contributed by atoms with E-state index in [-0.39, 0.29) is 5.82 Å². The maximum atomic E-state index is 13.6. The van der Waals surface area contributed by atoms with Crippen molar-refractivity contribution in [1.82, 2.24) is 0 Å². The van der Waals surface area contributed by atoms with Crippen LogP contribution in [0.2, 0.25) is 0 Å². The quantitative estimate of drug-likeness (QED) is 0.351. The average Bonchev–Trinajstić information content (AvgIpc) is 3.14. The van der Waals surface area contributed by atoms with E-state index in [0.717, 1.165) is 16.2 Å². The highest BCUT2D eigenvalue weighted by atomic mass is 32.2. The molecule has 0 aliphatic carbocycles. The van der Waals surface area contributed by atoms with E-state index >= 15 is 0 Å². The highest BCUT2D eigenvalue weighted by Crippen LogP contribution is 2.41. The zero-order chi connectivity index (χ0) is 19.1. The van der Waals surface area contributed by atoms with Gasteiger partial charge < -0.3 is 4.42 Å². The molecule has 2 nitrogen and oxygen atoms in total. The Labute approximate surface area is 163 Å². The summed E-state index contributed by atoms with van der Waals surface area (Å²) in [6.07, 6.45) is 0. The van der Waals surface area contributed by atoms with Crippen molar-refractivity contribution in [3.05, 3.63) is 96.8 Å². The van der Waals surface area contributed by atoms with Crippen LogP contribution in [0.15, 0.2) is 105 Å². The summed E-state index contributed by atoms with van der Waals surface area (Å²) in [5, 5.41) is 2.86. The van der Waals surface area contributed by atoms with E-state index in [1.165, 1.54) is 12.1 Å². The fraction of sp³-hybridized carbons (Fsp3) is 0. The first-order valence-electron chi connectivity index (χ1n) is 8.89. The fourth-order valence-corrected chi connectivity index (χ4v) is 4.83. The molecule has 1 aromatic heterocycles. The molecule has 28 heavy (non-hydrogen) atoms. The summed E-state index contributed by atoms with van der Waals surface area (Å²) >= 11 is 0. The third-order valence-electron chi connectivity index (χ3n) is 4.79. The topological polar surface area (TPSA) is 30.2 Å². The van der Waals surface area contributed by atoms with Crippen LogP contribution in [0, 0.1) is 5.82 Å². The van der Waals surface area contributed by atoms with Crippen LogP contribution in [-0.4, -0.2) is 4.21 Å². The molecular weight excluding hydrogens is 371 g/mol. The lowest BCUT2D eigenvalue weighted by Crippen LogP contribution is -1.94. The van der Waals surface area contributed by atoms with Gasteiger partial charge in [0.25, 0.3) is 0 Å². The highest BCUT2D eigenvalue weighted by Gasteiger charge is 2.24. The summed E-state index contributed by atoms with van der Waals surface area (Å²) in [7, 11) is -1.45. The average molecular weight is 386 g/mol. The van der Waals surface area contributed by atoms with Crippen molar-refractivity contribution >= 4 is 32.5 Å². The number of furan rings is 1. The molecule has 0 aliphatic rings. The molecule has 0 radical (unpaired) electrons.